The summed E-state index contributed by atoms with van der Waals surface area (Å²) in [7, 11) is 0. The van der Waals surface area contributed by atoms with Gasteiger partial charge in [-0.1, -0.05) is 31.9 Å². The molecule has 0 heterocycles. The van der Waals surface area contributed by atoms with E-state index in [0.29, 0.717) is 5.41 Å². The van der Waals surface area contributed by atoms with Crippen molar-refractivity contribution in [2.24, 2.45) is 5.41 Å². The molecule has 0 bridgehead atoms. The van der Waals surface area contributed by atoms with Gasteiger partial charge in [0.05, 0.1) is 5.41 Å². The van der Waals surface area contributed by atoms with Gasteiger partial charge in [0.1, 0.15) is 0 Å². The third-order valence-corrected chi connectivity index (χ3v) is 5.13. The first kappa shape index (κ1) is 13.5. The van der Waals surface area contributed by atoms with E-state index in [2.05, 4.69) is 12.2 Å². The number of nitrogens with one attached hydrogen (secondary N) is 1. The Hall–Kier alpha value is -1.51. The van der Waals surface area contributed by atoms with Crippen LogP contribution in [0.1, 0.15) is 51.0 Å². The lowest BCUT2D eigenvalue weighted by Crippen LogP contribution is -2.40. The van der Waals surface area contributed by atoms with Gasteiger partial charge in [0.2, 0.25) is 5.91 Å². The van der Waals surface area contributed by atoms with E-state index in [1.54, 1.807) is 0 Å². The van der Waals surface area contributed by atoms with Crippen LogP contribution in [0.15, 0.2) is 24.3 Å². The minimum atomic E-state index is -0.275. The van der Waals surface area contributed by atoms with Crippen LogP contribution in [-0.2, 0) is 10.2 Å². The van der Waals surface area contributed by atoms with Crippen molar-refractivity contribution in [2.75, 3.05) is 12.3 Å². The summed E-state index contributed by atoms with van der Waals surface area (Å²) in [6.07, 6.45) is 6.99. The van der Waals surface area contributed by atoms with Crippen LogP contribution in [0.2, 0.25) is 0 Å². The molecule has 1 aromatic carbocycles. The molecule has 2 aliphatic carbocycles. The molecule has 3 heteroatoms. The number of carbonyl (C=O) groups excluding carboxylic acids is 1. The van der Waals surface area contributed by atoms with Gasteiger partial charge in [-0.2, -0.15) is 0 Å². The third-order valence-electron chi connectivity index (χ3n) is 5.13. The van der Waals surface area contributed by atoms with Gasteiger partial charge in [0.15, 0.2) is 0 Å². The summed E-state index contributed by atoms with van der Waals surface area (Å²) >= 11 is 0. The zero-order valence-corrected chi connectivity index (χ0v) is 12.2. The van der Waals surface area contributed by atoms with E-state index < -0.39 is 0 Å². The average molecular weight is 272 g/mol. The minimum absolute atomic E-state index is 0.204. The highest BCUT2D eigenvalue weighted by Crippen LogP contribution is 2.48. The van der Waals surface area contributed by atoms with Gasteiger partial charge in [-0.3, -0.25) is 4.79 Å². The number of rotatable bonds is 4. The molecule has 2 fully saturated rings. The minimum Gasteiger partial charge on any atom is -0.399 e. The Kier molecular flexibility index (Phi) is 3.23. The van der Waals surface area contributed by atoms with Crippen LogP contribution in [0.25, 0.3) is 0 Å². The van der Waals surface area contributed by atoms with Gasteiger partial charge in [-0.15, -0.1) is 0 Å². The summed E-state index contributed by atoms with van der Waals surface area (Å²) < 4.78 is 0. The first-order chi connectivity index (χ1) is 9.54. The van der Waals surface area contributed by atoms with E-state index in [4.69, 9.17) is 5.73 Å². The summed E-state index contributed by atoms with van der Waals surface area (Å²) in [5, 5.41) is 3.21. The maximum Gasteiger partial charge on any atom is 0.230 e. The van der Waals surface area contributed by atoms with Crippen LogP contribution in [0.3, 0.4) is 0 Å². The predicted octanol–water partition coefficient (Wildman–Crippen LogP) is 3.00. The number of hydrogen-bond acceptors (Lipinski definition) is 2. The maximum atomic E-state index is 12.6. The van der Waals surface area contributed by atoms with Crippen molar-refractivity contribution in [1.82, 2.24) is 5.32 Å². The normalized spacial score (nSPS) is 22.4. The van der Waals surface area contributed by atoms with Crippen molar-refractivity contribution in [3.05, 3.63) is 29.8 Å². The topological polar surface area (TPSA) is 55.1 Å². The van der Waals surface area contributed by atoms with Crippen molar-refractivity contribution < 1.29 is 4.79 Å². The number of anilines is 1. The molecule has 0 unspecified atom stereocenters. The van der Waals surface area contributed by atoms with E-state index in [9.17, 15) is 4.79 Å². The van der Waals surface area contributed by atoms with Gasteiger partial charge < -0.3 is 11.1 Å². The first-order valence-electron chi connectivity index (χ1n) is 7.69. The second-order valence-electron chi connectivity index (χ2n) is 6.90. The molecule has 2 aliphatic rings. The largest absolute Gasteiger partial charge is 0.399 e. The second-order valence-corrected chi connectivity index (χ2v) is 6.90. The first-order valence-corrected chi connectivity index (χ1v) is 7.69. The fourth-order valence-electron chi connectivity index (χ4n) is 3.44. The van der Waals surface area contributed by atoms with Crippen LogP contribution in [-0.4, -0.2) is 12.5 Å². The van der Waals surface area contributed by atoms with Crippen LogP contribution in [0, 0.1) is 5.41 Å². The molecule has 1 amide bonds. The molecular formula is C17H24N2O. The van der Waals surface area contributed by atoms with Crippen LogP contribution in [0.4, 0.5) is 5.69 Å². The van der Waals surface area contributed by atoms with Crippen molar-refractivity contribution in [3.63, 3.8) is 0 Å². The lowest BCUT2D eigenvalue weighted by atomic mass is 9.88. The van der Waals surface area contributed by atoms with Crippen molar-refractivity contribution in [2.45, 2.75) is 50.9 Å². The maximum absolute atomic E-state index is 12.6. The molecule has 3 N–H and O–H groups in total. The van der Waals surface area contributed by atoms with Crippen LogP contribution >= 0.6 is 0 Å². The van der Waals surface area contributed by atoms with E-state index in [0.717, 1.165) is 30.6 Å². The second kappa shape index (κ2) is 4.80. The Morgan fingerprint density at radius 2 is 1.75 bits per heavy atom. The summed E-state index contributed by atoms with van der Waals surface area (Å²) in [6, 6.07) is 7.78. The van der Waals surface area contributed by atoms with Gasteiger partial charge in [-0.05, 0) is 48.8 Å². The van der Waals surface area contributed by atoms with Gasteiger partial charge >= 0.3 is 0 Å². The number of hydrogen-bond donors (Lipinski definition) is 2. The predicted molar refractivity (Wildman–Crippen MR) is 81.4 cm³/mol. The quantitative estimate of drug-likeness (QED) is 0.828. The molecule has 0 aromatic heterocycles. The van der Waals surface area contributed by atoms with E-state index in [1.807, 2.05) is 24.3 Å². The summed E-state index contributed by atoms with van der Waals surface area (Å²) in [4.78, 5) is 12.6. The van der Waals surface area contributed by atoms with E-state index >= 15 is 0 Å². The molecule has 20 heavy (non-hydrogen) atoms. The molecular weight excluding hydrogens is 248 g/mol. The summed E-state index contributed by atoms with van der Waals surface area (Å²) in [6.45, 7) is 3.12. The van der Waals surface area contributed by atoms with Crippen LogP contribution < -0.4 is 11.1 Å². The molecule has 2 saturated carbocycles. The number of nitrogen functional groups attached to an aromatic ring is 1. The Labute approximate surface area is 120 Å². The molecule has 0 saturated heterocycles. The zero-order chi connectivity index (χ0) is 14.2. The molecule has 0 spiro atoms. The number of amides is 1. The molecule has 0 aliphatic heterocycles. The monoisotopic (exact) mass is 272 g/mol. The Balaban J connectivity index is 1.66. The van der Waals surface area contributed by atoms with E-state index in [1.165, 1.54) is 25.7 Å². The highest BCUT2D eigenvalue weighted by Gasteiger charge is 2.51. The Morgan fingerprint density at radius 3 is 2.30 bits per heavy atom. The Morgan fingerprint density at radius 1 is 1.15 bits per heavy atom. The molecule has 3 rings (SSSR count). The third kappa shape index (κ3) is 2.41. The zero-order valence-electron chi connectivity index (χ0n) is 12.2. The standard InChI is InChI=1S/C17H24N2O/c1-16(8-2-3-9-16)12-19-15(20)17(10-11-17)13-4-6-14(18)7-5-13/h4-7H,2-3,8-12,18H2,1H3,(H,19,20). The molecule has 1 aromatic rings. The van der Waals surface area contributed by atoms with Crippen LogP contribution in [0.5, 0.6) is 0 Å². The lowest BCUT2D eigenvalue weighted by Gasteiger charge is -2.25. The average Bonchev–Trinajstić information content (AvgIpc) is 3.14. The molecule has 0 atom stereocenters. The fourth-order valence-corrected chi connectivity index (χ4v) is 3.44. The number of carbonyl (C=O) groups is 1. The SMILES string of the molecule is CC1(CNC(=O)C2(c3ccc(N)cc3)CC2)CCCC1. The van der Waals surface area contributed by atoms with Gasteiger partial charge in [0, 0.05) is 12.2 Å². The highest BCUT2D eigenvalue weighted by atomic mass is 16.2. The molecule has 0 radical (unpaired) electrons. The van der Waals surface area contributed by atoms with Gasteiger partial charge in [0.25, 0.3) is 0 Å². The van der Waals surface area contributed by atoms with Gasteiger partial charge in [-0.25, -0.2) is 0 Å². The van der Waals surface area contributed by atoms with Crippen molar-refractivity contribution in [3.8, 4) is 0 Å². The molecule has 3 nitrogen and oxygen atoms in total. The fraction of sp³-hybridized carbons (Fsp3) is 0.588. The smallest absolute Gasteiger partial charge is 0.230 e. The highest BCUT2D eigenvalue weighted by molar-refractivity contribution is 5.91. The lowest BCUT2D eigenvalue weighted by molar-refractivity contribution is -0.124. The molecule has 108 valence electrons. The van der Waals surface area contributed by atoms with E-state index in [-0.39, 0.29) is 11.3 Å². The summed E-state index contributed by atoms with van der Waals surface area (Å²) in [5.41, 5.74) is 7.63. The van der Waals surface area contributed by atoms with Crippen molar-refractivity contribution in [1.29, 1.82) is 0 Å². The summed E-state index contributed by atoms with van der Waals surface area (Å²) in [5.74, 6) is 0.204. The Bertz CT molecular complexity index is 496. The number of nitrogens with two attached hydrogens (primary N) is 1. The van der Waals surface area contributed by atoms with Crippen molar-refractivity contribution >= 4 is 11.6 Å². The number of benzene rings is 1.